The predicted octanol–water partition coefficient (Wildman–Crippen LogP) is 8.72. The molecule has 0 unspecified atom stereocenters. The Kier molecular flexibility index (Phi) is 11.6. The highest BCUT2D eigenvalue weighted by Crippen LogP contribution is 2.40. The van der Waals surface area contributed by atoms with Crippen LogP contribution in [0.1, 0.15) is 67.7 Å². The van der Waals surface area contributed by atoms with Crippen molar-refractivity contribution in [3.63, 3.8) is 0 Å². The molecule has 0 spiro atoms. The van der Waals surface area contributed by atoms with Crippen molar-refractivity contribution in [3.05, 3.63) is 106 Å². The third-order valence-electron chi connectivity index (χ3n) is 5.51. The number of allylic oxidation sites excluding steroid dienone is 18. The van der Waals surface area contributed by atoms with E-state index in [-0.39, 0.29) is 5.41 Å². The topological polar surface area (TPSA) is 17.1 Å². The largest absolute Gasteiger partial charge is 0.298 e. The molecule has 0 heterocycles. The van der Waals surface area contributed by atoms with Crippen LogP contribution < -0.4 is 0 Å². The molecule has 0 N–H and O–H groups in total. The molecule has 31 heavy (non-hydrogen) atoms. The van der Waals surface area contributed by atoms with Gasteiger partial charge in [-0.25, -0.2) is 0 Å². The van der Waals surface area contributed by atoms with Gasteiger partial charge in [0.05, 0.1) is 0 Å². The smallest absolute Gasteiger partial charge is 0.145 e. The minimum absolute atomic E-state index is 0.287. The molecule has 0 bridgehead atoms. The van der Waals surface area contributed by atoms with Gasteiger partial charge in [0.2, 0.25) is 0 Å². The third kappa shape index (κ3) is 10.8. The van der Waals surface area contributed by atoms with Crippen LogP contribution in [0.15, 0.2) is 106 Å². The lowest BCUT2D eigenvalue weighted by molar-refractivity contribution is -0.104. The predicted molar refractivity (Wildman–Crippen MR) is 138 cm³/mol. The maximum Gasteiger partial charge on any atom is 0.145 e. The first-order chi connectivity index (χ1) is 14.7. The maximum atomic E-state index is 10.6. The molecule has 0 saturated heterocycles. The molecule has 1 rings (SSSR count). The van der Waals surface area contributed by atoms with Crippen molar-refractivity contribution in [3.8, 4) is 0 Å². The Balaban J connectivity index is 2.65. The first kappa shape index (κ1) is 26.4. The van der Waals surface area contributed by atoms with E-state index < -0.39 is 0 Å². The monoisotopic (exact) mass is 416 g/mol. The molecule has 1 nitrogen and oxygen atoms in total. The van der Waals surface area contributed by atoms with Crippen LogP contribution in [0.25, 0.3) is 0 Å². The molecule has 0 amide bonds. The van der Waals surface area contributed by atoms with E-state index in [1.54, 1.807) is 6.92 Å². The molecule has 0 radical (unpaired) electrons. The average Bonchev–Trinajstić information content (AvgIpc) is 2.70. The first-order valence-electron chi connectivity index (χ1n) is 11.2. The van der Waals surface area contributed by atoms with E-state index in [9.17, 15) is 4.79 Å². The van der Waals surface area contributed by atoms with Crippen LogP contribution in [0, 0.1) is 5.41 Å². The summed E-state index contributed by atoms with van der Waals surface area (Å²) in [5.41, 5.74) is 7.62. The van der Waals surface area contributed by atoms with Gasteiger partial charge < -0.3 is 0 Å². The Morgan fingerprint density at radius 3 is 1.74 bits per heavy atom. The molecule has 0 fully saturated rings. The lowest BCUT2D eigenvalue weighted by Gasteiger charge is -2.32. The molecule has 0 atom stereocenters. The van der Waals surface area contributed by atoms with Crippen LogP contribution in [0.3, 0.4) is 0 Å². The van der Waals surface area contributed by atoms with Gasteiger partial charge >= 0.3 is 0 Å². The zero-order chi connectivity index (χ0) is 23.3. The molecule has 0 saturated carbocycles. The van der Waals surface area contributed by atoms with E-state index in [0.717, 1.165) is 17.4 Å². The fourth-order valence-corrected chi connectivity index (χ4v) is 3.55. The Labute approximate surface area is 190 Å². The summed E-state index contributed by atoms with van der Waals surface area (Å²) in [6.45, 7) is 15.1. The van der Waals surface area contributed by atoms with Gasteiger partial charge in [-0.1, -0.05) is 109 Å². The molecular formula is C30H40O. The fraction of sp³-hybridized carbons (Fsp3) is 0.367. The Bertz CT molecular complexity index is 887. The molecule has 0 aliphatic heterocycles. The van der Waals surface area contributed by atoms with E-state index in [1.165, 1.54) is 41.6 Å². The summed E-state index contributed by atoms with van der Waals surface area (Å²) >= 11 is 0. The van der Waals surface area contributed by atoms with E-state index in [2.05, 4.69) is 83.2 Å². The zero-order valence-corrected chi connectivity index (χ0v) is 20.5. The summed E-state index contributed by atoms with van der Waals surface area (Å²) in [5, 5.41) is 0. The summed E-state index contributed by atoms with van der Waals surface area (Å²) in [6, 6.07) is 0. The van der Waals surface area contributed by atoms with Crippen LogP contribution in [0.5, 0.6) is 0 Å². The maximum absolute atomic E-state index is 10.6. The van der Waals surface area contributed by atoms with Crippen molar-refractivity contribution in [2.75, 3.05) is 0 Å². The zero-order valence-electron chi connectivity index (χ0n) is 20.5. The highest BCUT2D eigenvalue weighted by Gasteiger charge is 2.26. The van der Waals surface area contributed by atoms with Crippen LogP contribution in [-0.4, -0.2) is 6.29 Å². The van der Waals surface area contributed by atoms with Crippen LogP contribution >= 0.6 is 0 Å². The lowest BCUT2D eigenvalue weighted by Crippen LogP contribution is -2.19. The van der Waals surface area contributed by atoms with Crippen molar-refractivity contribution in [2.24, 2.45) is 5.41 Å². The normalized spacial score (nSPS) is 19.6. The SMILES string of the molecule is CC1=C(/C=C/C(C)=C/C=C\C=C(C)\C=C\C=C(C)\C=C\C=C(/C)C=O)C(C)(C)CCC1. The summed E-state index contributed by atoms with van der Waals surface area (Å²) in [4.78, 5) is 10.6. The number of carbonyl (C=O) groups excluding carboxylic acids is 1. The quantitative estimate of drug-likeness (QED) is 0.209. The number of hydrogen-bond acceptors (Lipinski definition) is 1. The third-order valence-corrected chi connectivity index (χ3v) is 5.51. The van der Waals surface area contributed by atoms with Gasteiger partial charge in [0, 0.05) is 0 Å². The first-order valence-corrected chi connectivity index (χ1v) is 11.2. The fourth-order valence-electron chi connectivity index (χ4n) is 3.55. The second kappa shape index (κ2) is 13.6. The van der Waals surface area contributed by atoms with Gasteiger partial charge in [-0.15, -0.1) is 0 Å². The van der Waals surface area contributed by atoms with Gasteiger partial charge in [0.25, 0.3) is 0 Å². The van der Waals surface area contributed by atoms with Crippen LogP contribution in [0.4, 0.5) is 0 Å². The van der Waals surface area contributed by atoms with E-state index in [4.69, 9.17) is 0 Å². The highest BCUT2D eigenvalue weighted by molar-refractivity contribution is 5.72. The number of carbonyl (C=O) groups is 1. The number of aldehydes is 1. The van der Waals surface area contributed by atoms with Gasteiger partial charge in [-0.2, -0.15) is 0 Å². The van der Waals surface area contributed by atoms with Crippen molar-refractivity contribution in [1.82, 2.24) is 0 Å². The summed E-state index contributed by atoms with van der Waals surface area (Å²) < 4.78 is 0. The van der Waals surface area contributed by atoms with E-state index in [1.807, 2.05) is 31.2 Å². The standard InChI is InChI=1S/C30H40O/c1-24(15-10-16-25(2)17-11-18-27(4)23-31)13-8-9-14-26(3)20-21-29-28(5)19-12-22-30(29,6)7/h8-11,13-18,20-21,23H,12,19,22H2,1-7H3/b9-8-,15-10+,17-11+,21-20+,24-13+,25-16+,26-14+,27-18+. The van der Waals surface area contributed by atoms with Crippen molar-refractivity contribution in [1.29, 1.82) is 0 Å². The Hall–Kier alpha value is -2.67. The van der Waals surface area contributed by atoms with Gasteiger partial charge in [0.15, 0.2) is 0 Å². The van der Waals surface area contributed by atoms with E-state index >= 15 is 0 Å². The number of rotatable bonds is 9. The summed E-state index contributed by atoms with van der Waals surface area (Å²) in [6.07, 6.45) is 29.5. The summed E-state index contributed by atoms with van der Waals surface area (Å²) in [5.74, 6) is 0. The average molecular weight is 417 g/mol. The Morgan fingerprint density at radius 1 is 0.742 bits per heavy atom. The van der Waals surface area contributed by atoms with Gasteiger partial charge in [-0.3, -0.25) is 4.79 Å². The van der Waals surface area contributed by atoms with Crippen molar-refractivity contribution < 1.29 is 4.79 Å². The van der Waals surface area contributed by atoms with Crippen LogP contribution in [-0.2, 0) is 4.79 Å². The van der Waals surface area contributed by atoms with E-state index in [0.29, 0.717) is 0 Å². The van der Waals surface area contributed by atoms with Crippen LogP contribution in [0.2, 0.25) is 0 Å². The molecule has 0 aromatic carbocycles. The highest BCUT2D eigenvalue weighted by atomic mass is 16.1. The minimum atomic E-state index is 0.287. The van der Waals surface area contributed by atoms with Crippen molar-refractivity contribution in [2.45, 2.75) is 67.7 Å². The molecule has 0 aromatic heterocycles. The molecule has 1 aliphatic carbocycles. The summed E-state index contributed by atoms with van der Waals surface area (Å²) in [7, 11) is 0. The lowest BCUT2D eigenvalue weighted by atomic mass is 9.72. The molecule has 1 aliphatic rings. The Morgan fingerprint density at radius 2 is 1.23 bits per heavy atom. The van der Waals surface area contributed by atoms with Gasteiger partial charge in [-0.05, 0) is 70.4 Å². The molecule has 166 valence electrons. The molecule has 0 aromatic rings. The minimum Gasteiger partial charge on any atom is -0.298 e. The van der Waals surface area contributed by atoms with Gasteiger partial charge in [0.1, 0.15) is 6.29 Å². The second-order valence-electron chi connectivity index (χ2n) is 9.13. The molecular weight excluding hydrogens is 376 g/mol. The second-order valence-corrected chi connectivity index (χ2v) is 9.13. The molecule has 1 heteroatoms. The van der Waals surface area contributed by atoms with Crippen molar-refractivity contribution >= 4 is 6.29 Å². The number of hydrogen-bond donors (Lipinski definition) is 0.